The van der Waals surface area contributed by atoms with Crippen molar-refractivity contribution >= 4 is 5.97 Å². The van der Waals surface area contributed by atoms with Crippen LogP contribution in [0, 0.1) is 5.92 Å². The van der Waals surface area contributed by atoms with Crippen molar-refractivity contribution in [1.82, 2.24) is 4.90 Å². The summed E-state index contributed by atoms with van der Waals surface area (Å²) in [7, 11) is 0. The van der Waals surface area contributed by atoms with E-state index in [1.54, 1.807) is 6.08 Å². The summed E-state index contributed by atoms with van der Waals surface area (Å²) in [6.45, 7) is 3.11. The first-order valence-electron chi connectivity index (χ1n) is 8.12. The standard InChI is InChI=1S/C19H23NO2/c1-2-22-19(21)13-17-12-16-10-6-7-11-18(16)20(17)14-15-8-4-3-5-9-15/h3-5,7-9,11,13,16,18H,2,6,10,12,14H2,1H3/b17-13+/t16-,18-/m1/s1. The lowest BCUT2D eigenvalue weighted by Gasteiger charge is -2.30. The number of nitrogens with zero attached hydrogens (tertiary/aromatic N) is 1. The predicted octanol–water partition coefficient (Wildman–Crippen LogP) is 3.67. The van der Waals surface area contributed by atoms with E-state index in [1.807, 2.05) is 13.0 Å². The molecule has 1 aromatic carbocycles. The summed E-state index contributed by atoms with van der Waals surface area (Å²) in [5.74, 6) is 0.396. The maximum absolute atomic E-state index is 11.9. The second kappa shape index (κ2) is 6.82. The molecule has 3 nitrogen and oxygen atoms in total. The summed E-state index contributed by atoms with van der Waals surface area (Å²) in [4.78, 5) is 14.2. The zero-order chi connectivity index (χ0) is 15.4. The van der Waals surface area contributed by atoms with Crippen molar-refractivity contribution in [2.45, 2.75) is 38.8 Å². The van der Waals surface area contributed by atoms with E-state index in [9.17, 15) is 4.79 Å². The van der Waals surface area contributed by atoms with Gasteiger partial charge in [0.05, 0.1) is 12.6 Å². The van der Waals surface area contributed by atoms with E-state index in [2.05, 4.69) is 41.3 Å². The van der Waals surface area contributed by atoms with Gasteiger partial charge in [-0.25, -0.2) is 4.79 Å². The number of carbonyl (C=O) groups is 1. The van der Waals surface area contributed by atoms with Crippen LogP contribution in [0.4, 0.5) is 0 Å². The molecule has 1 aromatic rings. The van der Waals surface area contributed by atoms with E-state index < -0.39 is 0 Å². The molecule has 3 heteroatoms. The number of ether oxygens (including phenoxy) is 1. The summed E-state index contributed by atoms with van der Waals surface area (Å²) in [6, 6.07) is 10.9. The number of hydrogen-bond acceptors (Lipinski definition) is 3. The number of fused-ring (bicyclic) bond motifs is 1. The van der Waals surface area contributed by atoms with Gasteiger partial charge in [-0.15, -0.1) is 0 Å². The van der Waals surface area contributed by atoms with E-state index >= 15 is 0 Å². The number of hydrogen-bond donors (Lipinski definition) is 0. The Morgan fingerprint density at radius 2 is 2.18 bits per heavy atom. The summed E-state index contributed by atoms with van der Waals surface area (Å²) in [5.41, 5.74) is 2.39. The van der Waals surface area contributed by atoms with Gasteiger partial charge in [0.25, 0.3) is 0 Å². The molecule has 1 saturated heterocycles. The zero-order valence-electron chi connectivity index (χ0n) is 13.1. The lowest BCUT2D eigenvalue weighted by molar-refractivity contribution is -0.137. The Balaban J connectivity index is 1.84. The SMILES string of the molecule is CCOC(=O)/C=C1\C[C@H]2CCC=C[C@H]2N1Cc1ccccc1. The fourth-order valence-electron chi connectivity index (χ4n) is 3.48. The molecule has 2 aliphatic rings. The van der Waals surface area contributed by atoms with Gasteiger partial charge < -0.3 is 9.64 Å². The number of carbonyl (C=O) groups excluding carboxylic acids is 1. The van der Waals surface area contributed by atoms with Crippen molar-refractivity contribution in [2.24, 2.45) is 5.92 Å². The molecule has 0 aromatic heterocycles. The van der Waals surface area contributed by atoms with E-state index in [1.165, 1.54) is 12.0 Å². The first kappa shape index (κ1) is 14.9. The van der Waals surface area contributed by atoms with Crippen molar-refractivity contribution < 1.29 is 9.53 Å². The normalized spacial score (nSPS) is 25.3. The van der Waals surface area contributed by atoms with Crippen LogP contribution in [0.1, 0.15) is 31.7 Å². The van der Waals surface area contributed by atoms with Crippen LogP contribution in [-0.2, 0) is 16.1 Å². The van der Waals surface area contributed by atoms with Gasteiger partial charge in [-0.3, -0.25) is 0 Å². The van der Waals surface area contributed by atoms with Crippen LogP contribution >= 0.6 is 0 Å². The highest BCUT2D eigenvalue weighted by Crippen LogP contribution is 2.39. The molecule has 22 heavy (non-hydrogen) atoms. The predicted molar refractivity (Wildman–Crippen MR) is 87.0 cm³/mol. The molecule has 0 unspecified atom stereocenters. The average Bonchev–Trinajstić information content (AvgIpc) is 2.86. The zero-order valence-corrected chi connectivity index (χ0v) is 13.1. The first-order chi connectivity index (χ1) is 10.8. The second-order valence-corrected chi connectivity index (χ2v) is 5.96. The van der Waals surface area contributed by atoms with Gasteiger partial charge in [-0.1, -0.05) is 42.5 Å². The third-order valence-electron chi connectivity index (χ3n) is 4.49. The summed E-state index contributed by atoms with van der Waals surface area (Å²) >= 11 is 0. The first-order valence-corrected chi connectivity index (χ1v) is 8.12. The van der Waals surface area contributed by atoms with Gasteiger partial charge in [0.1, 0.15) is 0 Å². The fourth-order valence-corrected chi connectivity index (χ4v) is 3.48. The molecular weight excluding hydrogens is 274 g/mol. The highest BCUT2D eigenvalue weighted by molar-refractivity contribution is 5.82. The fraction of sp³-hybridized carbons (Fsp3) is 0.421. The third kappa shape index (κ3) is 3.24. The van der Waals surface area contributed by atoms with Crippen molar-refractivity contribution in [2.75, 3.05) is 6.61 Å². The molecule has 0 saturated carbocycles. The highest BCUT2D eigenvalue weighted by Gasteiger charge is 2.36. The summed E-state index contributed by atoms with van der Waals surface area (Å²) in [6.07, 6.45) is 9.59. The van der Waals surface area contributed by atoms with Crippen molar-refractivity contribution in [1.29, 1.82) is 0 Å². The number of esters is 1. The van der Waals surface area contributed by atoms with Crippen LogP contribution in [0.3, 0.4) is 0 Å². The monoisotopic (exact) mass is 297 g/mol. The van der Waals surface area contributed by atoms with Crippen LogP contribution in [0.2, 0.25) is 0 Å². The minimum atomic E-state index is -0.224. The number of allylic oxidation sites excluding steroid dienone is 2. The van der Waals surface area contributed by atoms with Crippen LogP contribution in [0.25, 0.3) is 0 Å². The Morgan fingerprint density at radius 3 is 2.95 bits per heavy atom. The molecule has 0 amide bonds. The summed E-state index contributed by atoms with van der Waals surface area (Å²) in [5, 5.41) is 0. The quantitative estimate of drug-likeness (QED) is 0.482. The van der Waals surface area contributed by atoms with E-state index in [4.69, 9.17) is 4.74 Å². The van der Waals surface area contributed by atoms with Gasteiger partial charge in [-0.2, -0.15) is 0 Å². The maximum Gasteiger partial charge on any atom is 0.332 e. The lowest BCUT2D eigenvalue weighted by atomic mass is 9.90. The second-order valence-electron chi connectivity index (χ2n) is 5.96. The van der Waals surface area contributed by atoms with Crippen LogP contribution in [-0.4, -0.2) is 23.5 Å². The molecular formula is C19H23NO2. The largest absolute Gasteiger partial charge is 0.463 e. The molecule has 116 valence electrons. The number of likely N-dealkylation sites (tertiary alicyclic amines) is 1. The molecule has 1 aliphatic heterocycles. The van der Waals surface area contributed by atoms with Crippen molar-refractivity contribution in [3.05, 3.63) is 59.8 Å². The highest BCUT2D eigenvalue weighted by atomic mass is 16.5. The summed E-state index contributed by atoms with van der Waals surface area (Å²) < 4.78 is 5.10. The number of rotatable bonds is 4. The van der Waals surface area contributed by atoms with E-state index in [0.29, 0.717) is 18.6 Å². The molecule has 0 spiro atoms. The van der Waals surface area contributed by atoms with E-state index in [0.717, 1.165) is 25.1 Å². The van der Waals surface area contributed by atoms with Gasteiger partial charge in [0.15, 0.2) is 0 Å². The maximum atomic E-state index is 11.9. The van der Waals surface area contributed by atoms with Crippen molar-refractivity contribution in [3.8, 4) is 0 Å². The minimum absolute atomic E-state index is 0.224. The number of benzene rings is 1. The van der Waals surface area contributed by atoms with Crippen molar-refractivity contribution in [3.63, 3.8) is 0 Å². The Bertz CT molecular complexity index is 576. The molecule has 0 radical (unpaired) electrons. The topological polar surface area (TPSA) is 29.5 Å². The van der Waals surface area contributed by atoms with Crippen LogP contribution in [0.15, 0.2) is 54.3 Å². The minimum Gasteiger partial charge on any atom is -0.463 e. The van der Waals surface area contributed by atoms with Gasteiger partial charge in [0.2, 0.25) is 0 Å². The molecule has 3 rings (SSSR count). The smallest absolute Gasteiger partial charge is 0.332 e. The lowest BCUT2D eigenvalue weighted by Crippen LogP contribution is -2.31. The Labute approximate surface area is 132 Å². The van der Waals surface area contributed by atoms with Gasteiger partial charge in [0, 0.05) is 18.3 Å². The van der Waals surface area contributed by atoms with Crippen LogP contribution in [0.5, 0.6) is 0 Å². The third-order valence-corrected chi connectivity index (χ3v) is 4.49. The molecule has 0 N–H and O–H groups in total. The molecule has 1 heterocycles. The van der Waals surface area contributed by atoms with E-state index in [-0.39, 0.29) is 5.97 Å². The molecule has 1 fully saturated rings. The molecule has 1 aliphatic carbocycles. The van der Waals surface area contributed by atoms with Gasteiger partial charge >= 0.3 is 5.97 Å². The molecule has 2 atom stereocenters. The Kier molecular flexibility index (Phi) is 4.62. The Hall–Kier alpha value is -2.03. The average molecular weight is 297 g/mol. The van der Waals surface area contributed by atoms with Crippen LogP contribution < -0.4 is 0 Å². The molecule has 0 bridgehead atoms. The van der Waals surface area contributed by atoms with Gasteiger partial charge in [-0.05, 0) is 37.7 Å². The Morgan fingerprint density at radius 1 is 1.36 bits per heavy atom.